The zero-order valence-electron chi connectivity index (χ0n) is 9.95. The van der Waals surface area contributed by atoms with Gasteiger partial charge in [0.25, 0.3) is 0 Å². The number of ketones is 1. The van der Waals surface area contributed by atoms with Gasteiger partial charge in [-0.2, -0.15) is 18.2 Å². The number of halogens is 3. The van der Waals surface area contributed by atoms with Crippen molar-refractivity contribution in [2.45, 2.75) is 30.4 Å². The van der Waals surface area contributed by atoms with E-state index >= 15 is 0 Å². The Balaban J connectivity index is 2.83. The molecule has 1 heterocycles. The van der Waals surface area contributed by atoms with Crippen LogP contribution in [0.5, 0.6) is 0 Å². The molecule has 10 heteroatoms. The van der Waals surface area contributed by atoms with Gasteiger partial charge < -0.3 is 4.74 Å². The van der Waals surface area contributed by atoms with Crippen molar-refractivity contribution in [1.29, 1.82) is 0 Å². The van der Waals surface area contributed by atoms with Crippen molar-refractivity contribution in [2.75, 3.05) is 6.61 Å². The number of nitrogens with zero attached hydrogens (tertiary/aromatic N) is 2. The van der Waals surface area contributed by atoms with Crippen molar-refractivity contribution in [3.05, 3.63) is 5.82 Å². The molecule has 1 N–H and O–H groups in total. The molecule has 0 saturated carbocycles. The molecule has 0 saturated heterocycles. The molecule has 19 heavy (non-hydrogen) atoms. The number of thioether (sulfide) groups is 1. The highest BCUT2D eigenvalue weighted by molar-refractivity contribution is 8.01. The van der Waals surface area contributed by atoms with E-state index in [1.165, 1.54) is 0 Å². The molecule has 1 rings (SSSR count). The van der Waals surface area contributed by atoms with Crippen molar-refractivity contribution >= 4 is 23.5 Å². The van der Waals surface area contributed by atoms with E-state index < -0.39 is 29.0 Å². The lowest BCUT2D eigenvalue weighted by Crippen LogP contribution is -2.27. The van der Waals surface area contributed by atoms with Crippen molar-refractivity contribution in [2.24, 2.45) is 0 Å². The summed E-state index contributed by atoms with van der Waals surface area (Å²) in [4.78, 5) is 25.9. The number of aromatic amines is 1. The second-order valence-electron chi connectivity index (χ2n) is 3.32. The Bertz CT molecular complexity index is 475. The first-order chi connectivity index (χ1) is 8.75. The van der Waals surface area contributed by atoms with Crippen molar-refractivity contribution in [3.8, 4) is 0 Å². The fourth-order valence-corrected chi connectivity index (χ4v) is 1.83. The van der Waals surface area contributed by atoms with Crippen LogP contribution in [0.15, 0.2) is 5.16 Å². The van der Waals surface area contributed by atoms with Crippen LogP contribution in [0.4, 0.5) is 13.2 Å². The van der Waals surface area contributed by atoms with Crippen LogP contribution < -0.4 is 0 Å². The number of rotatable bonds is 5. The largest absolute Gasteiger partial charge is 0.465 e. The molecule has 1 atom stereocenters. The third-order valence-electron chi connectivity index (χ3n) is 1.83. The van der Waals surface area contributed by atoms with Gasteiger partial charge in [0.15, 0.2) is 11.0 Å². The van der Waals surface area contributed by atoms with Gasteiger partial charge in [0.05, 0.1) is 6.61 Å². The summed E-state index contributed by atoms with van der Waals surface area (Å²) in [5, 5.41) is 3.36. The van der Waals surface area contributed by atoms with Crippen molar-refractivity contribution in [3.63, 3.8) is 0 Å². The lowest BCUT2D eigenvalue weighted by molar-refractivity contribution is -0.145. The molecule has 0 aromatic carbocycles. The Kier molecular flexibility index (Phi) is 4.92. The average Bonchev–Trinajstić information content (AvgIpc) is 2.73. The maximum Gasteiger partial charge on any atom is 0.451 e. The summed E-state index contributed by atoms with van der Waals surface area (Å²) in [5.74, 6) is -2.68. The molecular weight excluding hydrogens is 287 g/mol. The summed E-state index contributed by atoms with van der Waals surface area (Å²) in [6.45, 7) is 2.74. The fraction of sp³-hybridized carbons (Fsp3) is 0.556. The number of aromatic nitrogens is 3. The normalized spacial score (nSPS) is 13.1. The van der Waals surface area contributed by atoms with E-state index in [4.69, 9.17) is 0 Å². The number of H-pyrrole nitrogens is 1. The summed E-state index contributed by atoms with van der Waals surface area (Å²) in [6, 6.07) is 0. The number of Topliss-reactive ketones (excluding diaryl/α,β-unsaturated/α-hetero) is 1. The van der Waals surface area contributed by atoms with Gasteiger partial charge in [-0.1, -0.05) is 11.8 Å². The SMILES string of the molecule is CCOC(=O)C(Sc1n[nH]c(C(F)(F)F)n1)C(C)=O. The first-order valence-corrected chi connectivity index (χ1v) is 5.97. The van der Waals surface area contributed by atoms with E-state index in [9.17, 15) is 22.8 Å². The van der Waals surface area contributed by atoms with Crippen molar-refractivity contribution < 1.29 is 27.5 Å². The lowest BCUT2D eigenvalue weighted by atomic mass is 10.3. The highest BCUT2D eigenvalue weighted by Gasteiger charge is 2.36. The predicted octanol–water partition coefficient (Wildman–Crippen LogP) is 1.44. The molecule has 0 spiro atoms. The van der Waals surface area contributed by atoms with Crippen LogP contribution in [-0.2, 0) is 20.5 Å². The molecule has 0 bridgehead atoms. The number of ether oxygens (including phenoxy) is 1. The minimum atomic E-state index is -4.67. The van der Waals surface area contributed by atoms with E-state index in [1.807, 2.05) is 0 Å². The molecule has 0 aliphatic rings. The van der Waals surface area contributed by atoms with Gasteiger partial charge >= 0.3 is 12.1 Å². The summed E-state index contributed by atoms with van der Waals surface area (Å²) in [5.41, 5.74) is 0. The minimum absolute atomic E-state index is 0.0605. The lowest BCUT2D eigenvalue weighted by Gasteiger charge is -2.09. The van der Waals surface area contributed by atoms with Crippen molar-refractivity contribution in [1.82, 2.24) is 15.2 Å². The second kappa shape index (κ2) is 6.04. The smallest absolute Gasteiger partial charge is 0.451 e. The third-order valence-corrected chi connectivity index (χ3v) is 2.98. The van der Waals surface area contributed by atoms with Gasteiger partial charge in [-0.05, 0) is 13.8 Å². The number of carbonyl (C=O) groups excluding carboxylic acids is 2. The quantitative estimate of drug-likeness (QED) is 0.503. The zero-order chi connectivity index (χ0) is 14.6. The Morgan fingerprint density at radius 2 is 2.11 bits per heavy atom. The fourth-order valence-electron chi connectivity index (χ4n) is 1.05. The Labute approximate surface area is 110 Å². The molecule has 0 aliphatic carbocycles. The molecule has 0 aliphatic heterocycles. The number of hydrogen-bond acceptors (Lipinski definition) is 6. The van der Waals surface area contributed by atoms with Crippen LogP contribution in [0.2, 0.25) is 0 Å². The van der Waals surface area contributed by atoms with Gasteiger partial charge in [-0.3, -0.25) is 14.7 Å². The number of nitrogens with one attached hydrogen (secondary N) is 1. The van der Waals surface area contributed by atoms with Crippen LogP contribution in [0.25, 0.3) is 0 Å². The maximum atomic E-state index is 12.3. The monoisotopic (exact) mass is 297 g/mol. The Morgan fingerprint density at radius 1 is 1.47 bits per heavy atom. The van der Waals surface area contributed by atoms with E-state index in [1.54, 1.807) is 12.0 Å². The number of carbonyl (C=O) groups is 2. The minimum Gasteiger partial charge on any atom is -0.465 e. The highest BCUT2D eigenvalue weighted by atomic mass is 32.2. The van der Waals surface area contributed by atoms with E-state index in [0.29, 0.717) is 11.8 Å². The average molecular weight is 297 g/mol. The molecule has 1 aromatic heterocycles. The topological polar surface area (TPSA) is 84.9 Å². The summed E-state index contributed by atoms with van der Waals surface area (Å²) in [6.07, 6.45) is -4.67. The summed E-state index contributed by atoms with van der Waals surface area (Å²) >= 11 is 0.504. The van der Waals surface area contributed by atoms with Gasteiger partial charge in [-0.15, -0.1) is 5.10 Å². The molecule has 0 amide bonds. The predicted molar refractivity (Wildman–Crippen MR) is 58.3 cm³/mol. The molecule has 0 radical (unpaired) electrons. The van der Waals surface area contributed by atoms with Crippen LogP contribution >= 0.6 is 11.8 Å². The number of alkyl halides is 3. The second-order valence-corrected chi connectivity index (χ2v) is 4.40. The van der Waals surface area contributed by atoms with E-state index in [-0.39, 0.29) is 11.8 Å². The van der Waals surface area contributed by atoms with Gasteiger partial charge in [0.2, 0.25) is 11.0 Å². The summed E-state index contributed by atoms with van der Waals surface area (Å²) in [7, 11) is 0. The van der Waals surface area contributed by atoms with Crippen LogP contribution in [0.3, 0.4) is 0 Å². The number of esters is 1. The Hall–Kier alpha value is -1.58. The third kappa shape index (κ3) is 4.23. The first kappa shape index (κ1) is 15.5. The first-order valence-electron chi connectivity index (χ1n) is 5.09. The van der Waals surface area contributed by atoms with Gasteiger partial charge in [0, 0.05) is 0 Å². The van der Waals surface area contributed by atoms with Gasteiger partial charge in [-0.25, -0.2) is 0 Å². The van der Waals surface area contributed by atoms with Crippen LogP contribution in [0, 0.1) is 0 Å². The summed E-state index contributed by atoms with van der Waals surface area (Å²) < 4.78 is 41.5. The highest BCUT2D eigenvalue weighted by Crippen LogP contribution is 2.28. The van der Waals surface area contributed by atoms with E-state index in [2.05, 4.69) is 14.8 Å². The zero-order valence-corrected chi connectivity index (χ0v) is 10.8. The maximum absolute atomic E-state index is 12.3. The number of hydrogen-bond donors (Lipinski definition) is 1. The Morgan fingerprint density at radius 3 is 2.53 bits per heavy atom. The molecule has 1 aromatic rings. The molecular formula is C9H10F3N3O3S. The van der Waals surface area contributed by atoms with E-state index in [0.717, 1.165) is 6.92 Å². The molecule has 1 unspecified atom stereocenters. The van der Waals surface area contributed by atoms with Crippen LogP contribution in [-0.4, -0.2) is 38.8 Å². The van der Waals surface area contributed by atoms with Gasteiger partial charge in [0.1, 0.15) is 0 Å². The van der Waals surface area contributed by atoms with Crippen LogP contribution in [0.1, 0.15) is 19.7 Å². The standard InChI is InChI=1S/C9H10F3N3O3S/c1-3-18-6(17)5(4(2)16)19-8-13-7(14-15-8)9(10,11)12/h5H,3H2,1-2H3,(H,13,14,15). The molecule has 106 valence electrons. The molecule has 0 fully saturated rings. The molecule has 6 nitrogen and oxygen atoms in total.